The predicted molar refractivity (Wildman–Crippen MR) is 87.4 cm³/mol. The maximum absolute atomic E-state index is 12.3. The Bertz CT molecular complexity index is 550. The van der Waals surface area contributed by atoms with E-state index in [0.29, 0.717) is 13.0 Å². The molecular formula is C18H28N2O2. The molecule has 122 valence electrons. The number of hydrogen-bond acceptors (Lipinski definition) is 3. The van der Waals surface area contributed by atoms with E-state index >= 15 is 0 Å². The van der Waals surface area contributed by atoms with Gasteiger partial charge in [0, 0.05) is 18.5 Å². The van der Waals surface area contributed by atoms with E-state index in [1.165, 1.54) is 5.57 Å². The monoisotopic (exact) mass is 304 g/mol. The quantitative estimate of drug-likeness (QED) is 0.767. The molecule has 0 N–H and O–H groups in total. The van der Waals surface area contributed by atoms with Gasteiger partial charge in [0.1, 0.15) is 5.76 Å². The number of allylic oxidation sites excluding steroid dienone is 2. The molecule has 2 heterocycles. The first-order valence-electron chi connectivity index (χ1n) is 8.14. The lowest BCUT2D eigenvalue weighted by atomic mass is 9.77. The molecule has 1 aliphatic heterocycles. The summed E-state index contributed by atoms with van der Waals surface area (Å²) in [4.78, 5) is 14.3. The topological polar surface area (TPSA) is 46.3 Å². The second kappa shape index (κ2) is 6.67. The van der Waals surface area contributed by atoms with Crippen LogP contribution in [0.25, 0.3) is 0 Å². The zero-order chi connectivity index (χ0) is 16.3. The Labute approximate surface area is 133 Å². The Hall–Kier alpha value is -1.58. The van der Waals surface area contributed by atoms with Gasteiger partial charge in [0.15, 0.2) is 0 Å². The normalized spacial score (nSPS) is 22.0. The highest BCUT2D eigenvalue weighted by Gasteiger charge is 2.34. The van der Waals surface area contributed by atoms with Gasteiger partial charge >= 0.3 is 0 Å². The molecule has 1 unspecified atom stereocenters. The lowest BCUT2D eigenvalue weighted by molar-refractivity contribution is -0.138. The molecule has 1 aliphatic rings. The van der Waals surface area contributed by atoms with E-state index in [4.69, 9.17) is 4.52 Å². The summed E-state index contributed by atoms with van der Waals surface area (Å²) >= 11 is 0. The summed E-state index contributed by atoms with van der Waals surface area (Å²) in [6.45, 7) is 11.9. The predicted octanol–water partition coefficient (Wildman–Crippen LogP) is 4.17. The summed E-state index contributed by atoms with van der Waals surface area (Å²) in [5.74, 6) is 1.07. The van der Waals surface area contributed by atoms with E-state index in [1.54, 1.807) is 0 Å². The molecule has 0 aliphatic carbocycles. The molecule has 1 aromatic heterocycles. The van der Waals surface area contributed by atoms with Gasteiger partial charge in [-0.15, -0.1) is 0 Å². The van der Waals surface area contributed by atoms with Crippen molar-refractivity contribution in [3.05, 3.63) is 28.7 Å². The number of piperidine rings is 1. The zero-order valence-electron chi connectivity index (χ0n) is 14.5. The third-order valence-corrected chi connectivity index (χ3v) is 4.70. The second-order valence-electron chi connectivity index (χ2n) is 7.18. The van der Waals surface area contributed by atoms with Crippen molar-refractivity contribution in [3.63, 3.8) is 0 Å². The first-order chi connectivity index (χ1) is 10.3. The minimum absolute atomic E-state index is 0.207. The SMILES string of the molecule is CC(C)=CCCC1(C)CCC(=O)N(Cc2c(C)noc2C)C1. The van der Waals surface area contributed by atoms with Crippen LogP contribution >= 0.6 is 0 Å². The van der Waals surface area contributed by atoms with E-state index in [1.807, 2.05) is 18.7 Å². The van der Waals surface area contributed by atoms with E-state index < -0.39 is 0 Å². The van der Waals surface area contributed by atoms with Crippen LogP contribution in [0.1, 0.15) is 63.5 Å². The number of amides is 1. The van der Waals surface area contributed by atoms with Crippen molar-refractivity contribution in [2.24, 2.45) is 5.41 Å². The Morgan fingerprint density at radius 2 is 2.14 bits per heavy atom. The highest BCUT2D eigenvalue weighted by Crippen LogP contribution is 2.35. The summed E-state index contributed by atoms with van der Waals surface area (Å²) in [5, 5.41) is 3.99. The molecule has 2 rings (SSSR count). The van der Waals surface area contributed by atoms with Crippen LogP contribution in [0.5, 0.6) is 0 Å². The molecule has 0 spiro atoms. The summed E-state index contributed by atoms with van der Waals surface area (Å²) in [6, 6.07) is 0. The largest absolute Gasteiger partial charge is 0.361 e. The summed E-state index contributed by atoms with van der Waals surface area (Å²) in [6.07, 6.45) is 6.14. The molecule has 1 amide bonds. The lowest BCUT2D eigenvalue weighted by Gasteiger charge is -2.40. The Morgan fingerprint density at radius 3 is 2.73 bits per heavy atom. The van der Waals surface area contributed by atoms with Crippen LogP contribution in [0.15, 0.2) is 16.2 Å². The van der Waals surface area contributed by atoms with Crippen LogP contribution < -0.4 is 0 Å². The number of hydrogen-bond donors (Lipinski definition) is 0. The second-order valence-corrected chi connectivity index (χ2v) is 7.18. The van der Waals surface area contributed by atoms with Crippen LogP contribution in [0, 0.1) is 19.3 Å². The van der Waals surface area contributed by atoms with Crippen molar-refractivity contribution in [1.82, 2.24) is 10.1 Å². The highest BCUT2D eigenvalue weighted by molar-refractivity contribution is 5.77. The third-order valence-electron chi connectivity index (χ3n) is 4.70. The molecule has 1 fully saturated rings. The molecule has 0 bridgehead atoms. The molecule has 0 aromatic carbocycles. The van der Waals surface area contributed by atoms with Crippen molar-refractivity contribution in [2.45, 2.75) is 66.8 Å². The van der Waals surface area contributed by atoms with Gasteiger partial charge in [0.05, 0.1) is 12.2 Å². The summed E-state index contributed by atoms with van der Waals surface area (Å²) in [7, 11) is 0. The summed E-state index contributed by atoms with van der Waals surface area (Å²) < 4.78 is 5.22. The lowest BCUT2D eigenvalue weighted by Crippen LogP contribution is -2.44. The smallest absolute Gasteiger partial charge is 0.222 e. The molecule has 22 heavy (non-hydrogen) atoms. The van der Waals surface area contributed by atoms with Crippen molar-refractivity contribution in [1.29, 1.82) is 0 Å². The highest BCUT2D eigenvalue weighted by atomic mass is 16.5. The van der Waals surface area contributed by atoms with Gasteiger partial charge in [-0.25, -0.2) is 0 Å². The number of aromatic nitrogens is 1. The third kappa shape index (κ3) is 3.99. The molecule has 1 atom stereocenters. The molecule has 4 nitrogen and oxygen atoms in total. The average molecular weight is 304 g/mol. The van der Waals surface area contributed by atoms with Crippen LogP contribution in [0.2, 0.25) is 0 Å². The first kappa shape index (κ1) is 16.8. The van der Waals surface area contributed by atoms with Crippen molar-refractivity contribution >= 4 is 5.91 Å². The number of rotatable bonds is 5. The van der Waals surface area contributed by atoms with Gasteiger partial charge in [0.25, 0.3) is 0 Å². The van der Waals surface area contributed by atoms with Gasteiger partial charge in [-0.05, 0) is 52.4 Å². The van der Waals surface area contributed by atoms with E-state index in [2.05, 4.69) is 32.0 Å². The van der Waals surface area contributed by atoms with Crippen LogP contribution in [0.3, 0.4) is 0 Å². The Morgan fingerprint density at radius 1 is 1.41 bits per heavy atom. The zero-order valence-corrected chi connectivity index (χ0v) is 14.5. The molecule has 4 heteroatoms. The van der Waals surface area contributed by atoms with Crippen molar-refractivity contribution in [3.8, 4) is 0 Å². The van der Waals surface area contributed by atoms with Gasteiger partial charge in [-0.1, -0.05) is 23.7 Å². The van der Waals surface area contributed by atoms with Gasteiger partial charge in [-0.2, -0.15) is 0 Å². The standard InChI is InChI=1S/C18H28N2O2/c1-13(2)7-6-9-18(5)10-8-17(21)20(12-18)11-16-14(3)19-22-15(16)4/h7H,6,8-12H2,1-5H3. The average Bonchev–Trinajstić information content (AvgIpc) is 2.74. The van der Waals surface area contributed by atoms with Crippen molar-refractivity contribution < 1.29 is 9.32 Å². The minimum Gasteiger partial charge on any atom is -0.361 e. The molecular weight excluding hydrogens is 276 g/mol. The van der Waals surface area contributed by atoms with Crippen LogP contribution in [-0.4, -0.2) is 22.5 Å². The fourth-order valence-corrected chi connectivity index (χ4v) is 3.17. The number of likely N-dealkylation sites (tertiary alicyclic amines) is 1. The maximum atomic E-state index is 12.3. The molecule has 1 saturated heterocycles. The number of carbonyl (C=O) groups is 1. The van der Waals surface area contributed by atoms with E-state index in [-0.39, 0.29) is 11.3 Å². The number of aryl methyl sites for hydroxylation is 2. The fourth-order valence-electron chi connectivity index (χ4n) is 3.17. The van der Waals surface area contributed by atoms with E-state index in [9.17, 15) is 4.79 Å². The number of carbonyl (C=O) groups excluding carboxylic acids is 1. The summed E-state index contributed by atoms with van der Waals surface area (Å²) in [5.41, 5.74) is 3.52. The van der Waals surface area contributed by atoms with E-state index in [0.717, 1.165) is 42.8 Å². The minimum atomic E-state index is 0.207. The van der Waals surface area contributed by atoms with Crippen LogP contribution in [-0.2, 0) is 11.3 Å². The van der Waals surface area contributed by atoms with Crippen molar-refractivity contribution in [2.75, 3.05) is 6.54 Å². The molecule has 0 saturated carbocycles. The first-order valence-corrected chi connectivity index (χ1v) is 8.14. The Kier molecular flexibility index (Phi) is 5.09. The van der Waals surface area contributed by atoms with Gasteiger partial charge in [0.2, 0.25) is 5.91 Å². The molecule has 1 aromatic rings. The fraction of sp³-hybridized carbons (Fsp3) is 0.667. The molecule has 0 radical (unpaired) electrons. The maximum Gasteiger partial charge on any atom is 0.222 e. The number of nitrogens with zero attached hydrogens (tertiary/aromatic N) is 2. The van der Waals surface area contributed by atoms with Crippen LogP contribution in [0.4, 0.5) is 0 Å². The van der Waals surface area contributed by atoms with Gasteiger partial charge < -0.3 is 9.42 Å². The Balaban J connectivity index is 2.04. The van der Waals surface area contributed by atoms with Gasteiger partial charge in [-0.3, -0.25) is 4.79 Å².